The van der Waals surface area contributed by atoms with Gasteiger partial charge in [-0.2, -0.15) is 0 Å². The standard InChI is InChI=1S/C15H14O4/c16-10-7-4-8-11-12(10)13(17)14(18)15(19-11)9-5-2-1-3-6-9/h1-8,10,12-13,15-17H. The molecule has 98 valence electrons. The molecule has 2 N–H and O–H groups in total. The van der Waals surface area contributed by atoms with Crippen molar-refractivity contribution in [2.24, 2.45) is 5.92 Å². The first-order valence-corrected chi connectivity index (χ1v) is 6.18. The van der Waals surface area contributed by atoms with Crippen molar-refractivity contribution in [1.29, 1.82) is 0 Å². The van der Waals surface area contributed by atoms with Crippen molar-refractivity contribution in [2.75, 3.05) is 0 Å². The molecule has 4 heteroatoms. The van der Waals surface area contributed by atoms with E-state index >= 15 is 0 Å². The van der Waals surface area contributed by atoms with Crippen LogP contribution in [0.5, 0.6) is 0 Å². The van der Waals surface area contributed by atoms with Crippen molar-refractivity contribution in [1.82, 2.24) is 0 Å². The van der Waals surface area contributed by atoms with Gasteiger partial charge in [-0.15, -0.1) is 0 Å². The fourth-order valence-corrected chi connectivity index (χ4v) is 2.51. The average molecular weight is 258 g/mol. The smallest absolute Gasteiger partial charge is 0.207 e. The number of fused-ring (bicyclic) bond motifs is 1. The van der Waals surface area contributed by atoms with Crippen LogP contribution < -0.4 is 0 Å². The molecule has 1 aliphatic heterocycles. The minimum atomic E-state index is -1.25. The molecule has 0 saturated carbocycles. The molecule has 3 rings (SSSR count). The third-order valence-electron chi connectivity index (χ3n) is 3.51. The highest BCUT2D eigenvalue weighted by Crippen LogP contribution is 2.37. The molecule has 0 bridgehead atoms. The van der Waals surface area contributed by atoms with Crippen LogP contribution in [-0.4, -0.2) is 28.2 Å². The summed E-state index contributed by atoms with van der Waals surface area (Å²) in [7, 11) is 0. The lowest BCUT2D eigenvalue weighted by molar-refractivity contribution is -0.151. The van der Waals surface area contributed by atoms with Gasteiger partial charge in [-0.05, 0) is 11.6 Å². The van der Waals surface area contributed by atoms with Gasteiger partial charge in [-0.25, -0.2) is 0 Å². The summed E-state index contributed by atoms with van der Waals surface area (Å²) >= 11 is 0. The van der Waals surface area contributed by atoms with E-state index in [0.29, 0.717) is 11.3 Å². The molecule has 0 radical (unpaired) electrons. The zero-order valence-electron chi connectivity index (χ0n) is 10.1. The molecule has 1 aromatic rings. The lowest BCUT2D eigenvalue weighted by atomic mass is 9.83. The third kappa shape index (κ3) is 1.99. The summed E-state index contributed by atoms with van der Waals surface area (Å²) in [5.41, 5.74) is 0.704. The Balaban J connectivity index is 1.96. The van der Waals surface area contributed by atoms with Crippen molar-refractivity contribution in [3.05, 3.63) is 59.9 Å². The molecule has 1 fully saturated rings. The molecule has 4 atom stereocenters. The van der Waals surface area contributed by atoms with Crippen LogP contribution in [-0.2, 0) is 9.53 Å². The van der Waals surface area contributed by atoms with Crippen LogP contribution in [0.2, 0.25) is 0 Å². The van der Waals surface area contributed by atoms with Gasteiger partial charge in [0, 0.05) is 0 Å². The van der Waals surface area contributed by atoms with E-state index in [0.717, 1.165) is 0 Å². The van der Waals surface area contributed by atoms with Crippen LogP contribution in [0, 0.1) is 5.92 Å². The minimum Gasteiger partial charge on any atom is -0.482 e. The molecule has 1 aromatic carbocycles. The van der Waals surface area contributed by atoms with Gasteiger partial charge in [-0.3, -0.25) is 4.79 Å². The van der Waals surface area contributed by atoms with E-state index in [9.17, 15) is 15.0 Å². The monoisotopic (exact) mass is 258 g/mol. The average Bonchev–Trinajstić information content (AvgIpc) is 2.43. The van der Waals surface area contributed by atoms with Gasteiger partial charge in [0.25, 0.3) is 0 Å². The number of ketones is 1. The molecule has 1 heterocycles. The summed E-state index contributed by atoms with van der Waals surface area (Å²) in [6, 6.07) is 9.04. The van der Waals surface area contributed by atoms with Gasteiger partial charge in [0.05, 0.1) is 12.0 Å². The first-order valence-electron chi connectivity index (χ1n) is 6.18. The molecule has 0 spiro atoms. The van der Waals surface area contributed by atoms with Crippen LogP contribution in [0.4, 0.5) is 0 Å². The van der Waals surface area contributed by atoms with Crippen LogP contribution in [0.15, 0.2) is 54.3 Å². The number of benzene rings is 1. The van der Waals surface area contributed by atoms with E-state index in [1.54, 1.807) is 24.3 Å². The molecular weight excluding hydrogens is 244 g/mol. The summed E-state index contributed by atoms with van der Waals surface area (Å²) in [5, 5.41) is 19.9. The second kappa shape index (κ2) is 4.64. The number of hydrogen-bond donors (Lipinski definition) is 2. The highest BCUT2D eigenvalue weighted by atomic mass is 16.5. The van der Waals surface area contributed by atoms with Crippen LogP contribution in [0.25, 0.3) is 0 Å². The van der Waals surface area contributed by atoms with Gasteiger partial charge >= 0.3 is 0 Å². The Morgan fingerprint density at radius 3 is 2.58 bits per heavy atom. The van der Waals surface area contributed by atoms with Crippen molar-refractivity contribution >= 4 is 5.78 Å². The molecule has 1 aliphatic carbocycles. The number of hydrogen-bond acceptors (Lipinski definition) is 4. The van der Waals surface area contributed by atoms with E-state index in [1.165, 1.54) is 6.08 Å². The number of Topliss-reactive ketones (excluding diaryl/α,β-unsaturated/α-hetero) is 1. The second-order valence-corrected chi connectivity index (χ2v) is 4.73. The molecule has 2 aliphatic rings. The Morgan fingerprint density at radius 2 is 1.84 bits per heavy atom. The molecule has 1 saturated heterocycles. The zero-order chi connectivity index (χ0) is 13.4. The van der Waals surface area contributed by atoms with Crippen molar-refractivity contribution in [2.45, 2.75) is 18.3 Å². The van der Waals surface area contributed by atoms with E-state index < -0.39 is 30.0 Å². The van der Waals surface area contributed by atoms with Crippen molar-refractivity contribution in [3.8, 4) is 0 Å². The first-order chi connectivity index (χ1) is 9.18. The summed E-state index contributed by atoms with van der Waals surface area (Å²) in [6.07, 6.45) is 1.94. The predicted molar refractivity (Wildman–Crippen MR) is 68.0 cm³/mol. The maximum absolute atomic E-state index is 12.2. The largest absolute Gasteiger partial charge is 0.482 e. The number of aliphatic hydroxyl groups excluding tert-OH is 2. The Hall–Kier alpha value is -1.91. The number of allylic oxidation sites excluding steroid dienone is 2. The summed E-state index contributed by atoms with van der Waals surface area (Å²) in [6.45, 7) is 0. The lowest BCUT2D eigenvalue weighted by Gasteiger charge is -2.37. The quantitative estimate of drug-likeness (QED) is 0.792. The summed E-state index contributed by atoms with van der Waals surface area (Å²) in [5.74, 6) is -0.656. The molecule has 4 nitrogen and oxygen atoms in total. The molecule has 0 aromatic heterocycles. The van der Waals surface area contributed by atoms with Gasteiger partial charge in [-0.1, -0.05) is 42.5 Å². The van der Waals surface area contributed by atoms with E-state index in [4.69, 9.17) is 4.74 Å². The Bertz CT molecular complexity index is 547. The molecular formula is C15H14O4. The Labute approximate surface area is 110 Å². The van der Waals surface area contributed by atoms with E-state index in [2.05, 4.69) is 0 Å². The number of rotatable bonds is 1. The molecule has 0 amide bonds. The zero-order valence-corrected chi connectivity index (χ0v) is 10.1. The fourth-order valence-electron chi connectivity index (χ4n) is 2.51. The van der Waals surface area contributed by atoms with Gasteiger partial charge < -0.3 is 14.9 Å². The minimum absolute atomic E-state index is 0.414. The summed E-state index contributed by atoms with van der Waals surface area (Å²) in [4.78, 5) is 12.2. The maximum atomic E-state index is 12.2. The SMILES string of the molecule is O=C1C(c2ccccc2)OC2=CC=CC(O)C2C1O. The first kappa shape index (κ1) is 12.1. The van der Waals surface area contributed by atoms with E-state index in [-0.39, 0.29) is 0 Å². The van der Waals surface area contributed by atoms with Gasteiger partial charge in [0.1, 0.15) is 11.9 Å². The van der Waals surface area contributed by atoms with Crippen LogP contribution >= 0.6 is 0 Å². The van der Waals surface area contributed by atoms with E-state index in [1.807, 2.05) is 18.2 Å². The number of carbonyl (C=O) groups is 1. The molecule has 4 unspecified atom stereocenters. The predicted octanol–water partition coefficient (Wildman–Crippen LogP) is 1.12. The Morgan fingerprint density at radius 1 is 1.11 bits per heavy atom. The Kier molecular flexibility index (Phi) is 2.97. The highest BCUT2D eigenvalue weighted by molar-refractivity contribution is 5.90. The van der Waals surface area contributed by atoms with Gasteiger partial charge in [0.2, 0.25) is 5.78 Å². The van der Waals surface area contributed by atoms with Crippen molar-refractivity contribution in [3.63, 3.8) is 0 Å². The highest BCUT2D eigenvalue weighted by Gasteiger charge is 2.45. The fraction of sp³-hybridized carbons (Fsp3) is 0.267. The topological polar surface area (TPSA) is 66.8 Å². The number of carbonyl (C=O) groups excluding carboxylic acids is 1. The van der Waals surface area contributed by atoms with Crippen molar-refractivity contribution < 1.29 is 19.7 Å². The summed E-state index contributed by atoms with van der Waals surface area (Å²) < 4.78 is 5.67. The van der Waals surface area contributed by atoms with Crippen LogP contribution in [0.1, 0.15) is 11.7 Å². The number of aliphatic hydroxyl groups is 2. The maximum Gasteiger partial charge on any atom is 0.207 e. The number of ether oxygens (including phenoxy) is 1. The third-order valence-corrected chi connectivity index (χ3v) is 3.51. The van der Waals surface area contributed by atoms with Crippen LogP contribution in [0.3, 0.4) is 0 Å². The van der Waals surface area contributed by atoms with Gasteiger partial charge in [0.15, 0.2) is 6.10 Å². The normalized spacial score (nSPS) is 33.4. The molecule has 19 heavy (non-hydrogen) atoms. The lowest BCUT2D eigenvalue weighted by Crippen LogP contribution is -2.46. The second-order valence-electron chi connectivity index (χ2n) is 4.73.